The van der Waals surface area contributed by atoms with E-state index in [1.165, 1.54) is 12.1 Å². The van der Waals surface area contributed by atoms with E-state index in [0.717, 1.165) is 37.7 Å². The molecule has 0 amide bonds. The van der Waals surface area contributed by atoms with Crippen LogP contribution >= 0.6 is 0 Å². The highest BCUT2D eigenvalue weighted by Gasteiger charge is 2.39. The maximum absolute atomic E-state index is 12.8. The molecular formula is C21H18F5N5O3S. The van der Waals surface area contributed by atoms with Gasteiger partial charge in [-0.05, 0) is 44.4 Å². The van der Waals surface area contributed by atoms with E-state index in [9.17, 15) is 35.6 Å². The predicted octanol–water partition coefficient (Wildman–Crippen LogP) is 4.53. The van der Waals surface area contributed by atoms with Crippen molar-refractivity contribution in [3.8, 4) is 23.2 Å². The topological polar surface area (TPSA) is 110 Å². The van der Waals surface area contributed by atoms with Gasteiger partial charge in [0, 0.05) is 17.6 Å². The Hall–Kier alpha value is -3.31. The van der Waals surface area contributed by atoms with Gasteiger partial charge in [0.1, 0.15) is 28.4 Å². The molecule has 0 aliphatic heterocycles. The van der Waals surface area contributed by atoms with Crippen LogP contribution in [0.3, 0.4) is 0 Å². The first-order valence-electron chi connectivity index (χ1n) is 10.4. The Morgan fingerprint density at radius 3 is 2.46 bits per heavy atom. The molecule has 8 nitrogen and oxygen atoms in total. The maximum Gasteiger partial charge on any atom is 0.404 e. The zero-order valence-electron chi connectivity index (χ0n) is 18.1. The van der Waals surface area contributed by atoms with Crippen LogP contribution in [0.15, 0.2) is 35.5 Å². The highest BCUT2D eigenvalue weighted by atomic mass is 32.2. The predicted molar refractivity (Wildman–Crippen MR) is 113 cm³/mol. The normalized spacial score (nSPS) is 15.7. The lowest BCUT2D eigenvalue weighted by atomic mass is 9.92. The summed E-state index contributed by atoms with van der Waals surface area (Å²) in [5, 5.41) is 10.1. The van der Waals surface area contributed by atoms with E-state index < -0.39 is 33.7 Å². The Balaban J connectivity index is 1.80. The Kier molecular flexibility index (Phi) is 6.41. The quantitative estimate of drug-likeness (QED) is 0.463. The van der Waals surface area contributed by atoms with Crippen LogP contribution in [0.4, 0.5) is 22.0 Å². The van der Waals surface area contributed by atoms with Gasteiger partial charge in [-0.25, -0.2) is 13.4 Å². The third-order valence-corrected chi connectivity index (χ3v) is 7.23. The summed E-state index contributed by atoms with van der Waals surface area (Å²) in [5.74, 6) is -0.236. The van der Waals surface area contributed by atoms with Crippen molar-refractivity contribution in [3.05, 3.63) is 36.2 Å². The first kappa shape index (κ1) is 24.8. The Labute approximate surface area is 196 Å². The average Bonchev–Trinajstić information content (AvgIpc) is 3.04. The number of sulfonamides is 1. The van der Waals surface area contributed by atoms with Gasteiger partial charge in [-0.3, -0.25) is 4.98 Å². The largest absolute Gasteiger partial charge is 0.433 e. The van der Waals surface area contributed by atoms with Crippen LogP contribution in [0.5, 0.6) is 5.75 Å². The first-order valence-corrected chi connectivity index (χ1v) is 11.8. The van der Waals surface area contributed by atoms with E-state index in [0.29, 0.717) is 18.3 Å². The monoisotopic (exact) mass is 515 g/mol. The number of aromatic nitrogens is 3. The lowest BCUT2D eigenvalue weighted by molar-refractivity contribution is -0.147. The molecule has 186 valence electrons. The van der Waals surface area contributed by atoms with Crippen molar-refractivity contribution in [1.82, 2.24) is 19.3 Å². The van der Waals surface area contributed by atoms with Gasteiger partial charge < -0.3 is 9.30 Å². The second-order valence-electron chi connectivity index (χ2n) is 7.97. The standard InChI is InChI=1S/C21H18F5N5O3S/c1-11(21(24,25)26)30-35(32,33)14-5-6-17(28-10-14)18-16(8-27)15-7-13(34-20(22)23)9-29-19(15)31(18)12-3-2-4-12/h5-7,9-12,20,30H,2-4H2,1H3/t11-/m1/s1. The molecule has 1 aliphatic rings. The summed E-state index contributed by atoms with van der Waals surface area (Å²) >= 11 is 0. The number of ether oxygens (including phenoxy) is 1. The van der Waals surface area contributed by atoms with Crippen LogP contribution in [0, 0.1) is 11.3 Å². The fourth-order valence-electron chi connectivity index (χ4n) is 3.75. The molecule has 0 radical (unpaired) electrons. The summed E-state index contributed by atoms with van der Waals surface area (Å²) in [5.41, 5.74) is 0.896. The smallest absolute Gasteiger partial charge is 0.404 e. The maximum atomic E-state index is 12.8. The van der Waals surface area contributed by atoms with Crippen LogP contribution < -0.4 is 9.46 Å². The van der Waals surface area contributed by atoms with E-state index in [-0.39, 0.29) is 28.4 Å². The van der Waals surface area contributed by atoms with Gasteiger partial charge >= 0.3 is 12.8 Å². The molecule has 0 spiro atoms. The molecule has 0 saturated heterocycles. The summed E-state index contributed by atoms with van der Waals surface area (Å²) in [6.07, 6.45) is -0.305. The molecular weight excluding hydrogens is 497 g/mol. The molecule has 1 aliphatic carbocycles. The Morgan fingerprint density at radius 1 is 1.23 bits per heavy atom. The number of rotatable bonds is 7. The van der Waals surface area contributed by atoms with E-state index in [1.54, 1.807) is 9.29 Å². The lowest BCUT2D eigenvalue weighted by Crippen LogP contribution is -2.42. The van der Waals surface area contributed by atoms with Gasteiger partial charge in [-0.1, -0.05) is 0 Å². The molecule has 0 aromatic carbocycles. The molecule has 4 rings (SSSR count). The Bertz CT molecular complexity index is 1390. The summed E-state index contributed by atoms with van der Waals surface area (Å²) < 4.78 is 96.2. The molecule has 0 unspecified atom stereocenters. The number of nitrogens with zero attached hydrogens (tertiary/aromatic N) is 4. The molecule has 3 heterocycles. The number of nitriles is 1. The number of halogens is 5. The van der Waals surface area contributed by atoms with Crippen molar-refractivity contribution < 1.29 is 35.1 Å². The van der Waals surface area contributed by atoms with Gasteiger partial charge in [-0.2, -0.15) is 31.9 Å². The number of nitrogens with one attached hydrogen (secondary N) is 1. The van der Waals surface area contributed by atoms with Gasteiger partial charge in [0.2, 0.25) is 10.0 Å². The minimum Gasteiger partial charge on any atom is -0.433 e. The highest BCUT2D eigenvalue weighted by molar-refractivity contribution is 7.89. The third kappa shape index (κ3) is 4.78. The van der Waals surface area contributed by atoms with Gasteiger partial charge in [0.05, 0.1) is 23.1 Å². The van der Waals surface area contributed by atoms with Crippen LogP contribution in [-0.4, -0.2) is 41.8 Å². The molecule has 1 N–H and O–H groups in total. The van der Waals surface area contributed by atoms with Crippen LogP contribution in [0.25, 0.3) is 22.4 Å². The molecule has 0 bridgehead atoms. The van der Waals surface area contributed by atoms with E-state index in [2.05, 4.69) is 14.7 Å². The fraction of sp³-hybridized carbons (Fsp3) is 0.381. The number of alkyl halides is 5. The van der Waals surface area contributed by atoms with Crippen LogP contribution in [0.2, 0.25) is 0 Å². The lowest BCUT2D eigenvalue weighted by Gasteiger charge is -2.29. The third-order valence-electron chi connectivity index (χ3n) is 5.71. The summed E-state index contributed by atoms with van der Waals surface area (Å²) in [7, 11) is -4.52. The minimum absolute atomic E-state index is 0.0523. The van der Waals surface area contributed by atoms with Crippen molar-refractivity contribution in [3.63, 3.8) is 0 Å². The van der Waals surface area contributed by atoms with Crippen molar-refractivity contribution in [2.75, 3.05) is 0 Å². The van der Waals surface area contributed by atoms with E-state index in [4.69, 9.17) is 0 Å². The molecule has 1 atom stereocenters. The number of fused-ring (bicyclic) bond motifs is 1. The van der Waals surface area contributed by atoms with Gasteiger partial charge in [0.15, 0.2) is 0 Å². The molecule has 1 saturated carbocycles. The number of hydrogen-bond donors (Lipinski definition) is 1. The second-order valence-corrected chi connectivity index (χ2v) is 9.69. The molecule has 3 aromatic heterocycles. The second kappa shape index (κ2) is 9.04. The molecule has 1 fully saturated rings. The van der Waals surface area contributed by atoms with Crippen molar-refractivity contribution in [2.45, 2.75) is 56.0 Å². The fourth-order valence-corrected chi connectivity index (χ4v) is 4.92. The molecule has 3 aromatic rings. The zero-order chi connectivity index (χ0) is 25.5. The minimum atomic E-state index is -4.77. The van der Waals surface area contributed by atoms with Crippen LogP contribution in [-0.2, 0) is 10.0 Å². The molecule has 14 heteroatoms. The number of hydrogen-bond acceptors (Lipinski definition) is 6. The molecule has 35 heavy (non-hydrogen) atoms. The summed E-state index contributed by atoms with van der Waals surface area (Å²) in [4.78, 5) is 7.83. The average molecular weight is 515 g/mol. The van der Waals surface area contributed by atoms with Crippen molar-refractivity contribution in [2.24, 2.45) is 0 Å². The zero-order valence-corrected chi connectivity index (χ0v) is 18.9. The van der Waals surface area contributed by atoms with Crippen LogP contribution in [0.1, 0.15) is 37.8 Å². The number of pyridine rings is 2. The first-order chi connectivity index (χ1) is 16.4. The Morgan fingerprint density at radius 2 is 1.94 bits per heavy atom. The van der Waals surface area contributed by atoms with Gasteiger partial charge in [0.25, 0.3) is 0 Å². The van der Waals surface area contributed by atoms with Gasteiger partial charge in [-0.15, -0.1) is 0 Å². The van der Waals surface area contributed by atoms with E-state index >= 15 is 0 Å². The summed E-state index contributed by atoms with van der Waals surface area (Å²) in [6, 6.07) is 3.29. The summed E-state index contributed by atoms with van der Waals surface area (Å²) in [6.45, 7) is -2.41. The SMILES string of the molecule is C[C@@H](NS(=O)(=O)c1ccc(-c2c(C#N)c3cc(OC(F)F)cnc3n2C2CCC2)nc1)C(F)(F)F. The van der Waals surface area contributed by atoms with Crippen molar-refractivity contribution >= 4 is 21.1 Å². The van der Waals surface area contributed by atoms with E-state index in [1.807, 2.05) is 6.07 Å². The highest BCUT2D eigenvalue weighted by Crippen LogP contribution is 2.42. The van der Waals surface area contributed by atoms with Crippen molar-refractivity contribution in [1.29, 1.82) is 5.26 Å².